The fourth-order valence-corrected chi connectivity index (χ4v) is 1.71. The SMILES string of the molecule is CNc1nc(CCc2ccccc2OC)co1. The molecule has 1 N–H and O–H groups in total. The number of nitrogens with one attached hydrogen (secondary N) is 1. The largest absolute Gasteiger partial charge is 0.496 e. The Morgan fingerprint density at radius 1 is 1.29 bits per heavy atom. The number of aromatic nitrogens is 1. The minimum atomic E-state index is 0.556. The summed E-state index contributed by atoms with van der Waals surface area (Å²) in [6, 6.07) is 8.58. The summed E-state index contributed by atoms with van der Waals surface area (Å²) < 4.78 is 10.5. The van der Waals surface area contributed by atoms with Crippen LogP contribution in [0.4, 0.5) is 6.01 Å². The standard InChI is InChI=1S/C13H16N2O2/c1-14-13-15-11(9-17-13)8-7-10-5-3-4-6-12(10)16-2/h3-6,9H,7-8H2,1-2H3,(H,14,15). The van der Waals surface area contributed by atoms with Crippen LogP contribution in [0.1, 0.15) is 11.3 Å². The predicted molar refractivity (Wildman–Crippen MR) is 66.5 cm³/mol. The maximum atomic E-state index is 5.30. The van der Waals surface area contributed by atoms with Crippen LogP contribution in [0.25, 0.3) is 0 Å². The first-order valence-corrected chi connectivity index (χ1v) is 5.57. The summed E-state index contributed by atoms with van der Waals surface area (Å²) in [5.74, 6) is 0.921. The van der Waals surface area contributed by atoms with E-state index in [2.05, 4.69) is 16.4 Å². The van der Waals surface area contributed by atoms with Crippen molar-refractivity contribution in [1.29, 1.82) is 0 Å². The Hall–Kier alpha value is -1.97. The van der Waals surface area contributed by atoms with Gasteiger partial charge in [0.05, 0.1) is 12.8 Å². The van der Waals surface area contributed by atoms with E-state index >= 15 is 0 Å². The normalized spacial score (nSPS) is 10.2. The molecule has 2 rings (SSSR count). The van der Waals surface area contributed by atoms with Crippen molar-refractivity contribution in [3.8, 4) is 5.75 Å². The second-order valence-corrected chi connectivity index (χ2v) is 3.71. The van der Waals surface area contributed by atoms with Gasteiger partial charge in [0.15, 0.2) is 0 Å². The predicted octanol–water partition coefficient (Wildman–Crippen LogP) is 2.51. The summed E-state index contributed by atoms with van der Waals surface area (Å²) in [4.78, 5) is 4.28. The van der Waals surface area contributed by atoms with Crippen molar-refractivity contribution < 1.29 is 9.15 Å². The third kappa shape index (κ3) is 2.78. The first-order chi connectivity index (χ1) is 8.33. The average molecular weight is 232 g/mol. The molecule has 1 aromatic carbocycles. The molecule has 0 amide bonds. The maximum absolute atomic E-state index is 5.30. The Morgan fingerprint density at radius 3 is 2.82 bits per heavy atom. The van der Waals surface area contributed by atoms with Gasteiger partial charge in [-0.05, 0) is 24.5 Å². The zero-order valence-corrected chi connectivity index (χ0v) is 10.1. The fraction of sp³-hybridized carbons (Fsp3) is 0.308. The van der Waals surface area contributed by atoms with Crippen LogP contribution in [0.15, 0.2) is 34.9 Å². The quantitative estimate of drug-likeness (QED) is 0.860. The Kier molecular flexibility index (Phi) is 3.65. The summed E-state index contributed by atoms with van der Waals surface area (Å²) in [7, 11) is 3.48. The van der Waals surface area contributed by atoms with Crippen LogP contribution in [-0.4, -0.2) is 19.1 Å². The lowest BCUT2D eigenvalue weighted by Crippen LogP contribution is -1.96. The summed E-state index contributed by atoms with van der Waals surface area (Å²) in [5, 5.41) is 2.87. The molecule has 17 heavy (non-hydrogen) atoms. The van der Waals surface area contributed by atoms with E-state index in [0.717, 1.165) is 24.3 Å². The van der Waals surface area contributed by atoms with Crippen molar-refractivity contribution in [2.75, 3.05) is 19.5 Å². The van der Waals surface area contributed by atoms with Crippen LogP contribution in [-0.2, 0) is 12.8 Å². The lowest BCUT2D eigenvalue weighted by molar-refractivity contribution is 0.409. The molecule has 0 saturated carbocycles. The molecule has 2 aromatic rings. The molecule has 90 valence electrons. The number of oxazole rings is 1. The molecule has 4 nitrogen and oxygen atoms in total. The second kappa shape index (κ2) is 5.39. The Labute approximate surface area is 101 Å². The third-order valence-corrected chi connectivity index (χ3v) is 2.61. The van der Waals surface area contributed by atoms with E-state index in [9.17, 15) is 0 Å². The van der Waals surface area contributed by atoms with Gasteiger partial charge in [-0.2, -0.15) is 4.98 Å². The Balaban J connectivity index is 2.01. The summed E-state index contributed by atoms with van der Waals surface area (Å²) >= 11 is 0. The highest BCUT2D eigenvalue weighted by Gasteiger charge is 2.05. The van der Waals surface area contributed by atoms with Crippen molar-refractivity contribution >= 4 is 6.01 Å². The van der Waals surface area contributed by atoms with Gasteiger partial charge < -0.3 is 14.5 Å². The number of benzene rings is 1. The molecule has 4 heteroatoms. The molecule has 0 bridgehead atoms. The van der Waals surface area contributed by atoms with Gasteiger partial charge in [0.25, 0.3) is 6.01 Å². The topological polar surface area (TPSA) is 47.3 Å². The fourth-order valence-electron chi connectivity index (χ4n) is 1.71. The van der Waals surface area contributed by atoms with Gasteiger partial charge in [-0.15, -0.1) is 0 Å². The van der Waals surface area contributed by atoms with Crippen LogP contribution in [0.3, 0.4) is 0 Å². The smallest absolute Gasteiger partial charge is 0.294 e. The lowest BCUT2D eigenvalue weighted by Gasteiger charge is -2.06. The number of hydrogen-bond donors (Lipinski definition) is 1. The molecule has 0 aliphatic heterocycles. The minimum absolute atomic E-state index is 0.556. The molecule has 0 unspecified atom stereocenters. The highest BCUT2D eigenvalue weighted by atomic mass is 16.5. The molecule has 1 aromatic heterocycles. The van der Waals surface area contributed by atoms with Gasteiger partial charge >= 0.3 is 0 Å². The van der Waals surface area contributed by atoms with E-state index in [1.54, 1.807) is 20.4 Å². The van der Waals surface area contributed by atoms with Gasteiger partial charge in [-0.1, -0.05) is 18.2 Å². The Morgan fingerprint density at radius 2 is 2.12 bits per heavy atom. The molecular formula is C13H16N2O2. The van der Waals surface area contributed by atoms with E-state index < -0.39 is 0 Å². The number of ether oxygens (including phenoxy) is 1. The molecule has 0 radical (unpaired) electrons. The molecule has 0 aliphatic carbocycles. The van der Waals surface area contributed by atoms with E-state index in [1.807, 2.05) is 18.2 Å². The number of anilines is 1. The lowest BCUT2D eigenvalue weighted by atomic mass is 10.1. The average Bonchev–Trinajstić information content (AvgIpc) is 2.84. The highest BCUT2D eigenvalue weighted by molar-refractivity contribution is 5.33. The van der Waals surface area contributed by atoms with Crippen molar-refractivity contribution in [2.45, 2.75) is 12.8 Å². The van der Waals surface area contributed by atoms with E-state index in [4.69, 9.17) is 9.15 Å². The molecule has 0 fully saturated rings. The second-order valence-electron chi connectivity index (χ2n) is 3.71. The monoisotopic (exact) mass is 232 g/mol. The van der Waals surface area contributed by atoms with Crippen LogP contribution in [0.2, 0.25) is 0 Å². The summed E-state index contributed by atoms with van der Waals surface area (Å²) in [6.07, 6.45) is 3.41. The van der Waals surface area contributed by atoms with Gasteiger partial charge in [0.1, 0.15) is 12.0 Å². The molecule has 1 heterocycles. The zero-order valence-electron chi connectivity index (χ0n) is 10.1. The van der Waals surface area contributed by atoms with E-state index in [1.165, 1.54) is 5.56 Å². The number of rotatable bonds is 5. The first kappa shape index (κ1) is 11.5. The van der Waals surface area contributed by atoms with Crippen molar-refractivity contribution in [3.63, 3.8) is 0 Å². The summed E-state index contributed by atoms with van der Waals surface area (Å²) in [5.41, 5.74) is 2.13. The van der Waals surface area contributed by atoms with Crippen LogP contribution in [0, 0.1) is 0 Å². The molecule has 0 saturated heterocycles. The van der Waals surface area contributed by atoms with Gasteiger partial charge in [-0.3, -0.25) is 0 Å². The maximum Gasteiger partial charge on any atom is 0.294 e. The van der Waals surface area contributed by atoms with Gasteiger partial charge in [-0.25, -0.2) is 0 Å². The highest BCUT2D eigenvalue weighted by Crippen LogP contribution is 2.19. The summed E-state index contributed by atoms with van der Waals surface area (Å²) in [6.45, 7) is 0. The van der Waals surface area contributed by atoms with Crippen LogP contribution in [0.5, 0.6) is 5.75 Å². The van der Waals surface area contributed by atoms with E-state index in [0.29, 0.717) is 6.01 Å². The van der Waals surface area contributed by atoms with Gasteiger partial charge in [0, 0.05) is 7.05 Å². The van der Waals surface area contributed by atoms with E-state index in [-0.39, 0.29) is 0 Å². The first-order valence-electron chi connectivity index (χ1n) is 5.57. The minimum Gasteiger partial charge on any atom is -0.496 e. The van der Waals surface area contributed by atoms with Crippen LogP contribution < -0.4 is 10.1 Å². The molecule has 0 spiro atoms. The number of nitrogens with zero attached hydrogens (tertiary/aromatic N) is 1. The van der Waals surface area contributed by atoms with Gasteiger partial charge in [0.2, 0.25) is 0 Å². The Bertz CT molecular complexity index is 480. The number of aryl methyl sites for hydroxylation is 2. The van der Waals surface area contributed by atoms with Crippen molar-refractivity contribution in [3.05, 3.63) is 41.8 Å². The molecule has 0 atom stereocenters. The number of methoxy groups -OCH3 is 1. The number of para-hydroxylation sites is 1. The zero-order chi connectivity index (χ0) is 12.1. The third-order valence-electron chi connectivity index (χ3n) is 2.61. The molecular weight excluding hydrogens is 216 g/mol. The van der Waals surface area contributed by atoms with Crippen molar-refractivity contribution in [2.24, 2.45) is 0 Å². The van der Waals surface area contributed by atoms with Crippen molar-refractivity contribution in [1.82, 2.24) is 4.98 Å². The van der Waals surface area contributed by atoms with Crippen LogP contribution >= 0.6 is 0 Å². The molecule has 0 aliphatic rings. The number of hydrogen-bond acceptors (Lipinski definition) is 4.